The second kappa shape index (κ2) is 7.86. The smallest absolute Gasteiger partial charge is 0.129 e. The van der Waals surface area contributed by atoms with E-state index in [1.807, 2.05) is 42.7 Å². The SMILES string of the molecule is Fc1ccc([C@H](Cn2cnc3ccccc32)NCc2cccc(Cl)n2)cc1. The van der Waals surface area contributed by atoms with E-state index in [1.54, 1.807) is 18.2 Å². The van der Waals surface area contributed by atoms with Crippen molar-refractivity contribution in [3.05, 3.63) is 95.3 Å². The molecule has 4 aromatic rings. The van der Waals surface area contributed by atoms with Gasteiger partial charge in [0.05, 0.1) is 29.1 Å². The maximum absolute atomic E-state index is 13.4. The monoisotopic (exact) mass is 380 g/mol. The normalized spacial score (nSPS) is 12.4. The minimum Gasteiger partial charge on any atom is -0.329 e. The maximum atomic E-state index is 13.4. The molecule has 0 fully saturated rings. The summed E-state index contributed by atoms with van der Waals surface area (Å²) >= 11 is 5.98. The molecule has 4 nitrogen and oxygen atoms in total. The van der Waals surface area contributed by atoms with Gasteiger partial charge in [-0.15, -0.1) is 0 Å². The summed E-state index contributed by atoms with van der Waals surface area (Å²) in [4.78, 5) is 8.78. The summed E-state index contributed by atoms with van der Waals surface area (Å²) in [6.07, 6.45) is 1.83. The van der Waals surface area contributed by atoms with Crippen molar-refractivity contribution >= 4 is 22.6 Å². The Morgan fingerprint density at radius 2 is 1.81 bits per heavy atom. The van der Waals surface area contributed by atoms with Gasteiger partial charge in [-0.2, -0.15) is 0 Å². The lowest BCUT2D eigenvalue weighted by Gasteiger charge is -2.20. The molecule has 136 valence electrons. The van der Waals surface area contributed by atoms with Crippen LogP contribution in [0.1, 0.15) is 17.3 Å². The third-order valence-corrected chi connectivity index (χ3v) is 4.69. The fraction of sp³-hybridized carbons (Fsp3) is 0.143. The highest BCUT2D eigenvalue weighted by molar-refractivity contribution is 6.29. The molecule has 0 bridgehead atoms. The maximum Gasteiger partial charge on any atom is 0.129 e. The Bertz CT molecular complexity index is 1050. The van der Waals surface area contributed by atoms with Crippen LogP contribution in [0.15, 0.2) is 73.1 Å². The Morgan fingerprint density at radius 1 is 1.00 bits per heavy atom. The zero-order valence-corrected chi connectivity index (χ0v) is 15.3. The third-order valence-electron chi connectivity index (χ3n) is 4.48. The molecular formula is C21H18ClFN4. The Labute approximate surface area is 161 Å². The lowest BCUT2D eigenvalue weighted by molar-refractivity contribution is 0.464. The summed E-state index contributed by atoms with van der Waals surface area (Å²) in [5.74, 6) is -0.248. The summed E-state index contributed by atoms with van der Waals surface area (Å²) in [6, 6.07) is 20.1. The number of imidazole rings is 1. The molecule has 0 saturated heterocycles. The predicted octanol–water partition coefficient (Wildman–Crippen LogP) is 4.75. The van der Waals surface area contributed by atoms with Crippen molar-refractivity contribution in [3.63, 3.8) is 0 Å². The topological polar surface area (TPSA) is 42.7 Å². The summed E-state index contributed by atoms with van der Waals surface area (Å²) < 4.78 is 15.5. The summed E-state index contributed by atoms with van der Waals surface area (Å²) in [6.45, 7) is 1.21. The molecule has 0 amide bonds. The van der Waals surface area contributed by atoms with Crippen molar-refractivity contribution in [2.24, 2.45) is 0 Å². The van der Waals surface area contributed by atoms with E-state index >= 15 is 0 Å². The lowest BCUT2D eigenvalue weighted by Crippen LogP contribution is -2.25. The van der Waals surface area contributed by atoms with Gasteiger partial charge in [0.15, 0.2) is 0 Å². The molecule has 2 aromatic heterocycles. The average molecular weight is 381 g/mol. The Hall–Kier alpha value is -2.76. The molecule has 0 aliphatic heterocycles. The van der Waals surface area contributed by atoms with Gasteiger partial charge in [0.2, 0.25) is 0 Å². The van der Waals surface area contributed by atoms with E-state index in [0.717, 1.165) is 22.3 Å². The minimum atomic E-state index is -0.248. The van der Waals surface area contributed by atoms with E-state index in [2.05, 4.69) is 19.9 Å². The molecule has 0 spiro atoms. The Morgan fingerprint density at radius 3 is 2.63 bits per heavy atom. The zero-order valence-electron chi connectivity index (χ0n) is 14.5. The highest BCUT2D eigenvalue weighted by Crippen LogP contribution is 2.20. The van der Waals surface area contributed by atoms with Crippen LogP contribution < -0.4 is 5.32 Å². The van der Waals surface area contributed by atoms with Crippen LogP contribution in [-0.2, 0) is 13.1 Å². The molecule has 0 radical (unpaired) electrons. The van der Waals surface area contributed by atoms with Gasteiger partial charge in [0.25, 0.3) is 0 Å². The molecule has 27 heavy (non-hydrogen) atoms. The lowest BCUT2D eigenvalue weighted by atomic mass is 10.1. The number of rotatable bonds is 6. The van der Waals surface area contributed by atoms with Gasteiger partial charge in [0.1, 0.15) is 11.0 Å². The number of aromatic nitrogens is 3. The van der Waals surface area contributed by atoms with Crippen molar-refractivity contribution in [3.8, 4) is 0 Å². The van der Waals surface area contributed by atoms with Gasteiger partial charge in [-0.3, -0.25) is 0 Å². The molecule has 0 saturated carbocycles. The van der Waals surface area contributed by atoms with Gasteiger partial charge >= 0.3 is 0 Å². The molecule has 0 aliphatic carbocycles. The van der Waals surface area contributed by atoms with Crippen LogP contribution in [0.4, 0.5) is 4.39 Å². The number of fused-ring (bicyclic) bond motifs is 1. The number of hydrogen-bond donors (Lipinski definition) is 1. The van der Waals surface area contributed by atoms with E-state index in [9.17, 15) is 4.39 Å². The van der Waals surface area contributed by atoms with Crippen molar-refractivity contribution in [2.45, 2.75) is 19.1 Å². The molecule has 0 aliphatic rings. The Kier molecular flexibility index (Phi) is 5.14. The van der Waals surface area contributed by atoms with Crippen molar-refractivity contribution in [1.82, 2.24) is 19.9 Å². The summed E-state index contributed by atoms with van der Waals surface area (Å²) in [7, 11) is 0. The van der Waals surface area contributed by atoms with Gasteiger partial charge in [-0.05, 0) is 42.0 Å². The van der Waals surface area contributed by atoms with Gasteiger partial charge < -0.3 is 9.88 Å². The van der Waals surface area contributed by atoms with Crippen molar-refractivity contribution in [2.75, 3.05) is 0 Å². The molecule has 0 unspecified atom stereocenters. The van der Waals surface area contributed by atoms with E-state index in [1.165, 1.54) is 12.1 Å². The molecule has 6 heteroatoms. The number of nitrogens with one attached hydrogen (secondary N) is 1. The number of benzene rings is 2. The highest BCUT2D eigenvalue weighted by Gasteiger charge is 2.14. The van der Waals surface area contributed by atoms with Crippen molar-refractivity contribution < 1.29 is 4.39 Å². The summed E-state index contributed by atoms with van der Waals surface area (Å²) in [5, 5.41) is 3.98. The van der Waals surface area contributed by atoms with Gasteiger partial charge in [-0.25, -0.2) is 14.4 Å². The minimum absolute atomic E-state index is 0.0380. The number of para-hydroxylation sites is 2. The third kappa shape index (κ3) is 4.15. The number of hydrogen-bond acceptors (Lipinski definition) is 3. The first-order chi connectivity index (χ1) is 13.2. The van der Waals surface area contributed by atoms with E-state index < -0.39 is 0 Å². The van der Waals surface area contributed by atoms with Crippen LogP contribution >= 0.6 is 11.6 Å². The zero-order chi connectivity index (χ0) is 18.6. The predicted molar refractivity (Wildman–Crippen MR) is 105 cm³/mol. The molecule has 2 heterocycles. The fourth-order valence-corrected chi connectivity index (χ4v) is 3.29. The van der Waals surface area contributed by atoms with E-state index in [-0.39, 0.29) is 11.9 Å². The largest absolute Gasteiger partial charge is 0.329 e. The number of nitrogens with zero attached hydrogens (tertiary/aromatic N) is 3. The quantitative estimate of drug-likeness (QED) is 0.490. The Balaban J connectivity index is 1.60. The second-order valence-corrected chi connectivity index (χ2v) is 6.71. The van der Waals surface area contributed by atoms with Crippen LogP contribution in [0.25, 0.3) is 11.0 Å². The standard InChI is InChI=1S/C21H18ClFN4/c22-21-7-3-4-17(26-21)12-24-19(15-8-10-16(23)11-9-15)13-27-14-25-18-5-1-2-6-20(18)27/h1-11,14,19,24H,12-13H2/t19-/m0/s1. The van der Waals surface area contributed by atoms with Crippen LogP contribution in [0.3, 0.4) is 0 Å². The van der Waals surface area contributed by atoms with Crippen LogP contribution in [0.2, 0.25) is 5.15 Å². The number of halogens is 2. The molecule has 2 aromatic carbocycles. The van der Waals surface area contributed by atoms with Crippen LogP contribution in [-0.4, -0.2) is 14.5 Å². The fourth-order valence-electron chi connectivity index (χ4n) is 3.11. The van der Waals surface area contributed by atoms with Crippen LogP contribution in [0.5, 0.6) is 0 Å². The van der Waals surface area contributed by atoms with Crippen LogP contribution in [0, 0.1) is 5.82 Å². The molecule has 1 atom stereocenters. The molecular weight excluding hydrogens is 363 g/mol. The number of pyridine rings is 1. The highest BCUT2D eigenvalue weighted by atomic mass is 35.5. The second-order valence-electron chi connectivity index (χ2n) is 6.32. The average Bonchev–Trinajstić information content (AvgIpc) is 3.09. The first-order valence-corrected chi connectivity index (χ1v) is 9.07. The van der Waals surface area contributed by atoms with E-state index in [0.29, 0.717) is 18.2 Å². The summed E-state index contributed by atoms with van der Waals surface area (Å²) in [5.41, 5.74) is 3.86. The first kappa shape index (κ1) is 17.6. The van der Waals surface area contributed by atoms with E-state index in [4.69, 9.17) is 11.6 Å². The van der Waals surface area contributed by atoms with Gasteiger partial charge in [-0.1, -0.05) is 41.9 Å². The molecule has 1 N–H and O–H groups in total. The molecule has 4 rings (SSSR count). The van der Waals surface area contributed by atoms with Crippen molar-refractivity contribution in [1.29, 1.82) is 0 Å². The van der Waals surface area contributed by atoms with Gasteiger partial charge in [0, 0.05) is 13.1 Å². The first-order valence-electron chi connectivity index (χ1n) is 8.69.